The Bertz CT molecular complexity index is 417. The van der Waals surface area contributed by atoms with Gasteiger partial charge in [-0.15, -0.1) is 0 Å². The minimum atomic E-state index is 0.0304. The number of ether oxygens (including phenoxy) is 1. The first-order valence-electron chi connectivity index (χ1n) is 6.66. The van der Waals surface area contributed by atoms with Crippen LogP contribution < -0.4 is 10.2 Å². The van der Waals surface area contributed by atoms with Gasteiger partial charge in [-0.1, -0.05) is 12.1 Å². The minimum absolute atomic E-state index is 0.0304. The van der Waals surface area contributed by atoms with Crippen LogP contribution in [0.4, 0.5) is 5.69 Å². The number of hydrogen-bond acceptors (Lipinski definition) is 3. The Morgan fingerprint density at radius 2 is 2.11 bits per heavy atom. The lowest BCUT2D eigenvalue weighted by molar-refractivity contribution is -0.122. The molecule has 1 aromatic carbocycles. The number of nitrogens with one attached hydrogen (secondary N) is 1. The first-order valence-corrected chi connectivity index (χ1v) is 6.66. The molecule has 1 rings (SSSR count). The van der Waals surface area contributed by atoms with Gasteiger partial charge in [-0.05, 0) is 31.0 Å². The summed E-state index contributed by atoms with van der Waals surface area (Å²) in [5.41, 5.74) is 3.53. The zero-order chi connectivity index (χ0) is 14.3. The van der Waals surface area contributed by atoms with Gasteiger partial charge in [0.15, 0.2) is 0 Å². The van der Waals surface area contributed by atoms with Crippen LogP contribution in [-0.2, 0) is 16.1 Å². The van der Waals surface area contributed by atoms with Gasteiger partial charge in [0.1, 0.15) is 0 Å². The van der Waals surface area contributed by atoms with Crippen LogP contribution >= 0.6 is 0 Å². The molecule has 4 heteroatoms. The molecule has 0 saturated carbocycles. The molecule has 0 atom stereocenters. The van der Waals surface area contributed by atoms with Gasteiger partial charge in [0.25, 0.3) is 0 Å². The van der Waals surface area contributed by atoms with E-state index in [0.717, 1.165) is 5.56 Å². The average molecular weight is 264 g/mol. The molecule has 4 nitrogen and oxygen atoms in total. The predicted molar refractivity (Wildman–Crippen MR) is 78.5 cm³/mol. The van der Waals surface area contributed by atoms with E-state index in [1.165, 1.54) is 11.3 Å². The molecule has 1 amide bonds. The van der Waals surface area contributed by atoms with E-state index in [1.54, 1.807) is 0 Å². The second-order valence-corrected chi connectivity index (χ2v) is 4.74. The molecule has 0 aliphatic heterocycles. The van der Waals surface area contributed by atoms with E-state index in [9.17, 15) is 4.79 Å². The summed E-state index contributed by atoms with van der Waals surface area (Å²) in [6, 6.07) is 6.24. The van der Waals surface area contributed by atoms with Crippen LogP contribution in [0.1, 0.15) is 24.5 Å². The van der Waals surface area contributed by atoms with Crippen molar-refractivity contribution in [2.45, 2.75) is 26.8 Å². The number of hydrogen-bond donors (Lipinski definition) is 1. The summed E-state index contributed by atoms with van der Waals surface area (Å²) in [4.78, 5) is 13.6. The third-order valence-corrected chi connectivity index (χ3v) is 2.91. The third-order valence-electron chi connectivity index (χ3n) is 2.91. The Hall–Kier alpha value is -1.55. The number of aryl methyl sites for hydroxylation is 1. The highest BCUT2D eigenvalue weighted by molar-refractivity contribution is 5.76. The SMILES string of the molecule is CCOCCC(=O)NCc1ccc(N(C)C)c(C)c1. The monoisotopic (exact) mass is 264 g/mol. The maximum Gasteiger partial charge on any atom is 0.222 e. The Morgan fingerprint density at radius 3 is 2.68 bits per heavy atom. The van der Waals surface area contributed by atoms with E-state index < -0.39 is 0 Å². The van der Waals surface area contributed by atoms with Gasteiger partial charge < -0.3 is 15.0 Å². The second-order valence-electron chi connectivity index (χ2n) is 4.74. The molecule has 0 spiro atoms. The van der Waals surface area contributed by atoms with Gasteiger partial charge in [0.2, 0.25) is 5.91 Å². The van der Waals surface area contributed by atoms with Gasteiger partial charge in [0.05, 0.1) is 6.61 Å². The number of benzene rings is 1. The summed E-state index contributed by atoms with van der Waals surface area (Å²) in [5, 5.41) is 2.90. The molecule has 106 valence electrons. The molecule has 0 aromatic heterocycles. The summed E-state index contributed by atoms with van der Waals surface area (Å²) in [5.74, 6) is 0.0304. The number of carbonyl (C=O) groups excluding carboxylic acids is 1. The Morgan fingerprint density at radius 1 is 1.37 bits per heavy atom. The quantitative estimate of drug-likeness (QED) is 0.767. The van der Waals surface area contributed by atoms with Crippen LogP contribution in [0.3, 0.4) is 0 Å². The van der Waals surface area contributed by atoms with Crippen molar-refractivity contribution in [3.63, 3.8) is 0 Å². The van der Waals surface area contributed by atoms with Crippen LogP contribution in [-0.4, -0.2) is 33.2 Å². The van der Waals surface area contributed by atoms with Crippen molar-refractivity contribution in [1.29, 1.82) is 0 Å². The van der Waals surface area contributed by atoms with Crippen LogP contribution in [0.2, 0.25) is 0 Å². The molecule has 0 aliphatic carbocycles. The summed E-state index contributed by atoms with van der Waals surface area (Å²) in [7, 11) is 4.05. The number of nitrogens with zero attached hydrogens (tertiary/aromatic N) is 1. The van der Waals surface area contributed by atoms with Crippen molar-refractivity contribution in [3.8, 4) is 0 Å². The molecule has 1 N–H and O–H groups in total. The molecule has 0 fully saturated rings. The van der Waals surface area contributed by atoms with Crippen LogP contribution in [0, 0.1) is 6.92 Å². The highest BCUT2D eigenvalue weighted by Crippen LogP contribution is 2.18. The van der Waals surface area contributed by atoms with Crippen molar-refractivity contribution in [1.82, 2.24) is 5.32 Å². The van der Waals surface area contributed by atoms with E-state index in [4.69, 9.17) is 4.74 Å². The lowest BCUT2D eigenvalue weighted by Crippen LogP contribution is -2.24. The zero-order valence-electron chi connectivity index (χ0n) is 12.3. The number of anilines is 1. The molecule has 0 heterocycles. The van der Waals surface area contributed by atoms with E-state index >= 15 is 0 Å². The van der Waals surface area contributed by atoms with Crippen molar-refractivity contribution < 1.29 is 9.53 Å². The first-order chi connectivity index (χ1) is 9.04. The largest absolute Gasteiger partial charge is 0.381 e. The second kappa shape index (κ2) is 7.79. The molecule has 0 unspecified atom stereocenters. The minimum Gasteiger partial charge on any atom is -0.381 e. The highest BCUT2D eigenvalue weighted by Gasteiger charge is 2.04. The van der Waals surface area contributed by atoms with Gasteiger partial charge in [0, 0.05) is 39.4 Å². The van der Waals surface area contributed by atoms with Crippen molar-refractivity contribution >= 4 is 11.6 Å². The number of carbonyl (C=O) groups is 1. The predicted octanol–water partition coefficient (Wildman–Crippen LogP) is 2.10. The molecule has 1 aromatic rings. The fraction of sp³-hybridized carbons (Fsp3) is 0.533. The normalized spacial score (nSPS) is 10.3. The fourth-order valence-electron chi connectivity index (χ4n) is 1.93. The maximum absolute atomic E-state index is 11.6. The standard InChI is InChI=1S/C15H24N2O2/c1-5-19-9-8-15(18)16-11-13-6-7-14(17(3)4)12(2)10-13/h6-7,10H,5,8-9,11H2,1-4H3,(H,16,18). The molecular weight excluding hydrogens is 240 g/mol. The molecule has 19 heavy (non-hydrogen) atoms. The average Bonchev–Trinajstić information content (AvgIpc) is 2.36. The van der Waals surface area contributed by atoms with E-state index in [1.807, 2.05) is 27.1 Å². The molecular formula is C15H24N2O2. The van der Waals surface area contributed by atoms with Gasteiger partial charge >= 0.3 is 0 Å². The lowest BCUT2D eigenvalue weighted by Gasteiger charge is -2.16. The first kappa shape index (κ1) is 15.5. The smallest absolute Gasteiger partial charge is 0.222 e. The van der Waals surface area contributed by atoms with Crippen LogP contribution in [0.25, 0.3) is 0 Å². The summed E-state index contributed by atoms with van der Waals surface area (Å²) in [6.07, 6.45) is 0.419. The topological polar surface area (TPSA) is 41.6 Å². The van der Waals surface area contributed by atoms with Crippen LogP contribution in [0.5, 0.6) is 0 Å². The molecule has 0 radical (unpaired) electrons. The molecule has 0 saturated heterocycles. The third kappa shape index (κ3) is 5.30. The molecule has 0 aliphatic rings. The zero-order valence-corrected chi connectivity index (χ0v) is 12.3. The number of amides is 1. The highest BCUT2D eigenvalue weighted by atomic mass is 16.5. The van der Waals surface area contributed by atoms with E-state index in [2.05, 4.69) is 29.3 Å². The van der Waals surface area contributed by atoms with Gasteiger partial charge in [-0.2, -0.15) is 0 Å². The maximum atomic E-state index is 11.6. The summed E-state index contributed by atoms with van der Waals surface area (Å²) in [6.45, 7) is 5.71. The number of rotatable bonds is 7. The summed E-state index contributed by atoms with van der Waals surface area (Å²) >= 11 is 0. The van der Waals surface area contributed by atoms with Crippen molar-refractivity contribution in [3.05, 3.63) is 29.3 Å². The van der Waals surface area contributed by atoms with Crippen molar-refractivity contribution in [2.75, 3.05) is 32.2 Å². The molecule has 0 bridgehead atoms. The van der Waals surface area contributed by atoms with Crippen molar-refractivity contribution in [2.24, 2.45) is 0 Å². The van der Waals surface area contributed by atoms with Crippen LogP contribution in [0.15, 0.2) is 18.2 Å². The summed E-state index contributed by atoms with van der Waals surface area (Å²) < 4.78 is 5.15. The Kier molecular flexibility index (Phi) is 6.36. The van der Waals surface area contributed by atoms with Gasteiger partial charge in [-0.3, -0.25) is 4.79 Å². The van der Waals surface area contributed by atoms with Gasteiger partial charge in [-0.25, -0.2) is 0 Å². The lowest BCUT2D eigenvalue weighted by atomic mass is 10.1. The van der Waals surface area contributed by atoms with E-state index in [-0.39, 0.29) is 5.91 Å². The Balaban J connectivity index is 2.45. The van der Waals surface area contributed by atoms with E-state index in [0.29, 0.717) is 26.2 Å². The fourth-order valence-corrected chi connectivity index (χ4v) is 1.93. The Labute approximate surface area is 115 Å².